The molecule has 24 heavy (non-hydrogen) atoms. The lowest BCUT2D eigenvalue weighted by Gasteiger charge is -2.34. The van der Waals surface area contributed by atoms with Gasteiger partial charge in [-0.2, -0.15) is 4.31 Å². The average Bonchev–Trinajstić information content (AvgIpc) is 2.97. The number of fused-ring (bicyclic) bond motifs is 1. The molecule has 0 spiro atoms. The Balaban J connectivity index is 1.96. The first-order valence-electron chi connectivity index (χ1n) is 7.95. The summed E-state index contributed by atoms with van der Waals surface area (Å²) in [6.45, 7) is 2.76. The summed E-state index contributed by atoms with van der Waals surface area (Å²) in [6.07, 6.45) is 0.547. The molecule has 2 aliphatic rings. The molecule has 2 heterocycles. The van der Waals surface area contributed by atoms with Gasteiger partial charge in [-0.3, -0.25) is 4.79 Å². The number of nitrogens with zero attached hydrogens (tertiary/aromatic N) is 1. The van der Waals surface area contributed by atoms with Crippen LogP contribution in [0.15, 0.2) is 29.2 Å². The molecule has 2 fully saturated rings. The molecule has 0 amide bonds. The van der Waals surface area contributed by atoms with Crippen LogP contribution in [0.25, 0.3) is 0 Å². The van der Waals surface area contributed by atoms with E-state index < -0.39 is 21.4 Å². The molecule has 0 bridgehead atoms. The van der Waals surface area contributed by atoms with E-state index in [9.17, 15) is 18.3 Å². The van der Waals surface area contributed by atoms with Crippen LogP contribution < -0.4 is 4.74 Å². The van der Waals surface area contributed by atoms with Gasteiger partial charge in [-0.25, -0.2) is 8.42 Å². The van der Waals surface area contributed by atoms with Crippen LogP contribution in [0.5, 0.6) is 5.75 Å². The summed E-state index contributed by atoms with van der Waals surface area (Å²) in [5.74, 6) is -0.948. The molecule has 8 heteroatoms. The predicted octanol–water partition coefficient (Wildman–Crippen LogP) is 1.20. The number of para-hydroxylation sites is 1. The minimum absolute atomic E-state index is 0.0477. The van der Waals surface area contributed by atoms with Gasteiger partial charge in [0.1, 0.15) is 16.1 Å². The summed E-state index contributed by atoms with van der Waals surface area (Å²) >= 11 is 0. The smallest absolute Gasteiger partial charge is 0.313 e. The zero-order valence-corrected chi connectivity index (χ0v) is 14.3. The lowest BCUT2D eigenvalue weighted by Crippen LogP contribution is -2.46. The number of carboxylic acid groups (broad SMARTS) is 1. The van der Waals surface area contributed by atoms with Crippen LogP contribution in [0.4, 0.5) is 0 Å². The van der Waals surface area contributed by atoms with E-state index in [0.717, 1.165) is 0 Å². The minimum atomic E-state index is -3.83. The maximum absolute atomic E-state index is 13.1. The summed E-state index contributed by atoms with van der Waals surface area (Å²) in [5, 5.41) is 9.67. The summed E-state index contributed by atoms with van der Waals surface area (Å²) in [4.78, 5) is 11.9. The topological polar surface area (TPSA) is 93.1 Å². The van der Waals surface area contributed by atoms with Crippen molar-refractivity contribution in [3.63, 3.8) is 0 Å². The predicted molar refractivity (Wildman–Crippen MR) is 85.4 cm³/mol. The van der Waals surface area contributed by atoms with Gasteiger partial charge in [0.2, 0.25) is 10.0 Å². The Morgan fingerprint density at radius 3 is 2.88 bits per heavy atom. The highest BCUT2D eigenvalue weighted by molar-refractivity contribution is 7.89. The van der Waals surface area contributed by atoms with Crippen molar-refractivity contribution in [2.24, 2.45) is 11.3 Å². The van der Waals surface area contributed by atoms with E-state index in [-0.39, 0.29) is 36.3 Å². The van der Waals surface area contributed by atoms with Crippen molar-refractivity contribution in [3.8, 4) is 5.75 Å². The Bertz CT molecular complexity index is 734. The second-order valence-corrected chi connectivity index (χ2v) is 8.08. The van der Waals surface area contributed by atoms with E-state index in [1.165, 1.54) is 10.4 Å². The molecule has 2 atom stereocenters. The molecule has 132 valence electrons. The number of carbonyl (C=O) groups is 1. The SMILES string of the molecule is CCOc1ccccc1S(=O)(=O)N1C[C@@H]2CCOC[C@]2(C(=O)O)C1. The third kappa shape index (κ3) is 2.68. The van der Waals surface area contributed by atoms with Crippen molar-refractivity contribution in [2.45, 2.75) is 18.2 Å². The number of carboxylic acids is 1. The quantitative estimate of drug-likeness (QED) is 0.853. The zero-order chi connectivity index (χ0) is 17.4. The van der Waals surface area contributed by atoms with Gasteiger partial charge >= 0.3 is 5.97 Å². The first kappa shape index (κ1) is 17.2. The van der Waals surface area contributed by atoms with E-state index >= 15 is 0 Å². The maximum Gasteiger partial charge on any atom is 0.313 e. The van der Waals surface area contributed by atoms with Crippen molar-refractivity contribution in [2.75, 3.05) is 32.9 Å². The normalized spacial score (nSPS) is 27.6. The van der Waals surface area contributed by atoms with Gasteiger partial charge in [0.25, 0.3) is 0 Å². The molecule has 0 aliphatic carbocycles. The molecular formula is C16H21NO6S. The summed E-state index contributed by atoms with van der Waals surface area (Å²) in [5.41, 5.74) is -1.16. The van der Waals surface area contributed by atoms with E-state index in [0.29, 0.717) is 19.6 Å². The van der Waals surface area contributed by atoms with Crippen molar-refractivity contribution in [3.05, 3.63) is 24.3 Å². The molecule has 3 rings (SSSR count). The van der Waals surface area contributed by atoms with Crippen LogP contribution in [0.3, 0.4) is 0 Å². The van der Waals surface area contributed by atoms with Crippen LogP contribution in [0.2, 0.25) is 0 Å². The number of benzene rings is 1. The molecule has 7 nitrogen and oxygen atoms in total. The number of rotatable bonds is 5. The van der Waals surface area contributed by atoms with E-state index in [1.807, 2.05) is 0 Å². The Labute approximate surface area is 141 Å². The third-order valence-corrected chi connectivity index (χ3v) is 6.68. The fourth-order valence-electron chi connectivity index (χ4n) is 3.50. The number of ether oxygens (including phenoxy) is 2. The first-order chi connectivity index (χ1) is 11.4. The highest BCUT2D eigenvalue weighted by Crippen LogP contribution is 2.44. The monoisotopic (exact) mass is 355 g/mol. The minimum Gasteiger partial charge on any atom is -0.492 e. The Hall–Kier alpha value is -1.64. The van der Waals surface area contributed by atoms with Gasteiger partial charge in [-0.1, -0.05) is 12.1 Å². The summed E-state index contributed by atoms with van der Waals surface area (Å²) in [6, 6.07) is 6.44. The maximum atomic E-state index is 13.1. The third-order valence-electron chi connectivity index (χ3n) is 4.83. The average molecular weight is 355 g/mol. The van der Waals surface area contributed by atoms with Crippen LogP contribution in [0, 0.1) is 11.3 Å². The first-order valence-corrected chi connectivity index (χ1v) is 9.39. The van der Waals surface area contributed by atoms with Gasteiger partial charge < -0.3 is 14.6 Å². The van der Waals surface area contributed by atoms with Crippen molar-refractivity contribution in [1.29, 1.82) is 0 Å². The zero-order valence-electron chi connectivity index (χ0n) is 13.5. The second-order valence-electron chi connectivity index (χ2n) is 6.18. The molecule has 0 aromatic heterocycles. The molecule has 2 aliphatic heterocycles. The molecule has 0 unspecified atom stereocenters. The molecule has 0 saturated carbocycles. The van der Waals surface area contributed by atoms with Crippen molar-refractivity contribution >= 4 is 16.0 Å². The van der Waals surface area contributed by atoms with E-state index in [4.69, 9.17) is 9.47 Å². The van der Waals surface area contributed by atoms with Crippen molar-refractivity contribution in [1.82, 2.24) is 4.31 Å². The second kappa shape index (κ2) is 6.34. The summed E-state index contributed by atoms with van der Waals surface area (Å²) in [7, 11) is -3.83. The van der Waals surface area contributed by atoms with Crippen LogP contribution in [-0.2, 0) is 19.6 Å². The highest BCUT2D eigenvalue weighted by Gasteiger charge is 2.56. The Kier molecular flexibility index (Phi) is 4.54. The largest absolute Gasteiger partial charge is 0.492 e. The highest BCUT2D eigenvalue weighted by atomic mass is 32.2. The fraction of sp³-hybridized carbons (Fsp3) is 0.562. The van der Waals surface area contributed by atoms with Crippen LogP contribution in [-0.4, -0.2) is 56.7 Å². The molecular weight excluding hydrogens is 334 g/mol. The lowest BCUT2D eigenvalue weighted by atomic mass is 9.76. The van der Waals surface area contributed by atoms with Gasteiger partial charge in [-0.15, -0.1) is 0 Å². The molecule has 1 aromatic carbocycles. The molecule has 2 saturated heterocycles. The molecule has 1 aromatic rings. The van der Waals surface area contributed by atoms with E-state index in [1.54, 1.807) is 25.1 Å². The number of hydrogen-bond donors (Lipinski definition) is 1. The van der Waals surface area contributed by atoms with E-state index in [2.05, 4.69) is 0 Å². The lowest BCUT2D eigenvalue weighted by molar-refractivity contribution is -0.159. The summed E-state index contributed by atoms with van der Waals surface area (Å²) < 4.78 is 38.1. The number of sulfonamides is 1. The Morgan fingerprint density at radius 2 is 2.21 bits per heavy atom. The molecule has 1 N–H and O–H groups in total. The fourth-order valence-corrected chi connectivity index (χ4v) is 5.19. The number of hydrogen-bond acceptors (Lipinski definition) is 5. The van der Waals surface area contributed by atoms with Gasteiger partial charge in [0.15, 0.2) is 0 Å². The molecule has 0 radical (unpaired) electrons. The van der Waals surface area contributed by atoms with Crippen LogP contribution >= 0.6 is 0 Å². The van der Waals surface area contributed by atoms with Gasteiger partial charge in [0, 0.05) is 19.7 Å². The number of aliphatic carboxylic acids is 1. The van der Waals surface area contributed by atoms with Gasteiger partial charge in [0.05, 0.1) is 13.2 Å². The van der Waals surface area contributed by atoms with Crippen LogP contribution in [0.1, 0.15) is 13.3 Å². The van der Waals surface area contributed by atoms with Crippen molar-refractivity contribution < 1.29 is 27.8 Å². The Morgan fingerprint density at radius 1 is 1.46 bits per heavy atom. The standard InChI is InChI=1S/C16H21NO6S/c1-2-23-13-5-3-4-6-14(13)24(20,21)17-9-12-7-8-22-11-16(12,10-17)15(18)19/h3-6,12H,2,7-11H2,1H3,(H,18,19)/t12-,16+/m0/s1. The van der Waals surface area contributed by atoms with Gasteiger partial charge in [-0.05, 0) is 31.4 Å².